The van der Waals surface area contributed by atoms with Gasteiger partial charge in [-0.15, -0.1) is 0 Å². The highest BCUT2D eigenvalue weighted by atomic mass is 19.4. The van der Waals surface area contributed by atoms with Crippen LogP contribution in [0.1, 0.15) is 55.9 Å². The lowest BCUT2D eigenvalue weighted by molar-refractivity contribution is -0.110. The molecule has 0 saturated carbocycles. The molecule has 38 heavy (non-hydrogen) atoms. The third-order valence-corrected chi connectivity index (χ3v) is 6.78. The minimum absolute atomic E-state index is 0.129. The fourth-order valence-corrected chi connectivity index (χ4v) is 4.90. The number of hydrogen-bond donors (Lipinski definition) is 1. The number of likely N-dealkylation sites (tertiary alicyclic amines) is 1. The molecule has 0 atom stereocenters. The van der Waals surface area contributed by atoms with Crippen LogP contribution in [0, 0.1) is 0 Å². The first-order chi connectivity index (χ1) is 18.2. The summed E-state index contributed by atoms with van der Waals surface area (Å²) in [6.45, 7) is 6.13. The van der Waals surface area contributed by atoms with Gasteiger partial charge in [-0.05, 0) is 63.0 Å². The number of amides is 1. The predicted molar refractivity (Wildman–Crippen MR) is 142 cm³/mol. The predicted octanol–water partition coefficient (Wildman–Crippen LogP) is 4.80. The van der Waals surface area contributed by atoms with Crippen molar-refractivity contribution in [2.24, 2.45) is 7.05 Å². The van der Waals surface area contributed by atoms with Crippen LogP contribution < -0.4 is 10.2 Å². The topological polar surface area (TPSA) is 79.2 Å². The molecule has 3 aromatic heterocycles. The molecule has 2 aliphatic heterocycles. The number of halogens is 3. The maximum atomic E-state index is 12.5. The molecule has 0 unspecified atom stereocenters. The Labute approximate surface area is 221 Å². The van der Waals surface area contributed by atoms with Crippen LogP contribution in [0.25, 0.3) is 22.3 Å². The Hall–Kier alpha value is -3.21. The molecule has 0 aromatic carbocycles. The van der Waals surface area contributed by atoms with E-state index in [1.54, 1.807) is 12.3 Å². The van der Waals surface area contributed by atoms with Gasteiger partial charge >= 0.3 is 6.18 Å². The van der Waals surface area contributed by atoms with Gasteiger partial charge in [0.05, 0.1) is 0 Å². The summed E-state index contributed by atoms with van der Waals surface area (Å²) in [5, 5.41) is 8.71. The van der Waals surface area contributed by atoms with E-state index >= 15 is 0 Å². The van der Waals surface area contributed by atoms with Crippen molar-refractivity contribution >= 4 is 22.8 Å². The van der Waals surface area contributed by atoms with Crippen molar-refractivity contribution in [2.45, 2.75) is 51.6 Å². The molecule has 1 amide bonds. The molecule has 11 heteroatoms. The van der Waals surface area contributed by atoms with E-state index in [1.165, 1.54) is 38.5 Å². The molecule has 206 valence electrons. The fourth-order valence-electron chi connectivity index (χ4n) is 4.90. The average Bonchev–Trinajstić information content (AvgIpc) is 3.41. The Bertz CT molecular complexity index is 1190. The molecule has 0 spiro atoms. The Kier molecular flexibility index (Phi) is 9.19. The summed E-state index contributed by atoms with van der Waals surface area (Å²) in [4.78, 5) is 26.6. The summed E-state index contributed by atoms with van der Waals surface area (Å²) in [6, 6.07) is 7.92. The molecule has 0 bridgehead atoms. The summed E-state index contributed by atoms with van der Waals surface area (Å²) in [6.07, 6.45) is 5.30. The molecular weight excluding hydrogens is 495 g/mol. The Balaban J connectivity index is 0.000000617. The van der Waals surface area contributed by atoms with Gasteiger partial charge in [0.15, 0.2) is 5.65 Å². The summed E-state index contributed by atoms with van der Waals surface area (Å²) in [5.74, 6) is 0.897. The van der Waals surface area contributed by atoms with Crippen LogP contribution in [0.2, 0.25) is 0 Å². The van der Waals surface area contributed by atoms with Gasteiger partial charge in [0.2, 0.25) is 0 Å². The number of pyridine rings is 2. The number of rotatable bonds is 6. The van der Waals surface area contributed by atoms with Crippen molar-refractivity contribution in [1.82, 2.24) is 30.0 Å². The molecule has 1 N–H and O–H groups in total. The number of nitrogens with zero attached hydrogens (tertiary/aromatic N) is 6. The summed E-state index contributed by atoms with van der Waals surface area (Å²) < 4.78 is 32.9. The van der Waals surface area contributed by atoms with Gasteiger partial charge in [-0.2, -0.15) is 18.3 Å². The lowest BCUT2D eigenvalue weighted by Gasteiger charge is -2.21. The lowest BCUT2D eigenvalue weighted by Crippen LogP contribution is -2.33. The molecule has 2 aliphatic rings. The molecule has 0 radical (unpaired) electrons. The minimum Gasteiger partial charge on any atom is -0.357 e. The number of aromatic nitrogens is 4. The van der Waals surface area contributed by atoms with Crippen molar-refractivity contribution in [3.63, 3.8) is 0 Å². The minimum atomic E-state index is -4.00. The monoisotopic (exact) mass is 531 g/mol. The van der Waals surface area contributed by atoms with Crippen LogP contribution in [-0.2, 0) is 7.05 Å². The van der Waals surface area contributed by atoms with E-state index < -0.39 is 6.18 Å². The summed E-state index contributed by atoms with van der Waals surface area (Å²) in [7, 11) is 1.93. The second-order valence-electron chi connectivity index (χ2n) is 9.93. The van der Waals surface area contributed by atoms with Crippen LogP contribution in [0.15, 0.2) is 30.5 Å². The van der Waals surface area contributed by atoms with Crippen molar-refractivity contribution < 1.29 is 18.0 Å². The standard InChI is InChI=1S/C25H33N7O.C2H3F3/c1-30-24-20(9-11-22(28-24)32-15-4-2-3-5-16-32)23(29-30)19-8-10-21(27-18-19)25(33)26-12-17-31-13-6-7-14-31;1-2(3,4)5/h8-11,18H,2-7,12-17H2,1H3,(H,26,33);1H3. The number of alkyl halides is 3. The van der Waals surface area contributed by atoms with Gasteiger partial charge in [0.1, 0.15) is 17.2 Å². The van der Waals surface area contributed by atoms with Crippen LogP contribution >= 0.6 is 0 Å². The molecule has 5 rings (SSSR count). The van der Waals surface area contributed by atoms with Gasteiger partial charge in [0, 0.05) is 57.3 Å². The molecule has 8 nitrogen and oxygen atoms in total. The molecule has 2 saturated heterocycles. The zero-order valence-corrected chi connectivity index (χ0v) is 22.1. The quantitative estimate of drug-likeness (QED) is 0.492. The first-order valence-electron chi connectivity index (χ1n) is 13.3. The normalized spacial score (nSPS) is 16.7. The van der Waals surface area contributed by atoms with E-state index in [1.807, 2.05) is 17.8 Å². The molecule has 5 heterocycles. The highest BCUT2D eigenvalue weighted by Gasteiger charge is 2.18. The summed E-state index contributed by atoms with van der Waals surface area (Å²) in [5.41, 5.74) is 3.03. The highest BCUT2D eigenvalue weighted by molar-refractivity contribution is 5.94. The van der Waals surface area contributed by atoms with Gasteiger partial charge in [-0.3, -0.25) is 9.78 Å². The zero-order chi connectivity index (χ0) is 27.1. The first kappa shape index (κ1) is 27.8. The van der Waals surface area contributed by atoms with Gasteiger partial charge in [0.25, 0.3) is 5.91 Å². The van der Waals surface area contributed by atoms with E-state index in [0.29, 0.717) is 12.2 Å². The fraction of sp³-hybridized carbons (Fsp3) is 0.556. The Morgan fingerprint density at radius 2 is 1.63 bits per heavy atom. The van der Waals surface area contributed by atoms with Crippen molar-refractivity contribution in [3.05, 3.63) is 36.2 Å². The van der Waals surface area contributed by atoms with E-state index in [2.05, 4.69) is 32.2 Å². The summed E-state index contributed by atoms with van der Waals surface area (Å²) >= 11 is 0. The number of fused-ring (bicyclic) bond motifs is 1. The largest absolute Gasteiger partial charge is 0.386 e. The number of anilines is 1. The number of aryl methyl sites for hydroxylation is 1. The maximum absolute atomic E-state index is 12.5. The van der Waals surface area contributed by atoms with E-state index in [0.717, 1.165) is 60.8 Å². The van der Waals surface area contributed by atoms with Gasteiger partial charge in [-0.25, -0.2) is 9.67 Å². The Morgan fingerprint density at radius 3 is 2.26 bits per heavy atom. The number of hydrogen-bond acceptors (Lipinski definition) is 6. The second kappa shape index (κ2) is 12.6. The van der Waals surface area contributed by atoms with E-state index in [4.69, 9.17) is 10.1 Å². The van der Waals surface area contributed by atoms with Gasteiger partial charge < -0.3 is 15.1 Å². The van der Waals surface area contributed by atoms with Crippen molar-refractivity contribution in [3.8, 4) is 11.3 Å². The van der Waals surface area contributed by atoms with Crippen molar-refractivity contribution in [2.75, 3.05) is 44.2 Å². The van der Waals surface area contributed by atoms with Crippen LogP contribution in [0.4, 0.5) is 19.0 Å². The first-order valence-corrected chi connectivity index (χ1v) is 13.3. The SMILES string of the molecule is CC(F)(F)F.Cn1nc(-c2ccc(C(=O)NCCN3CCCC3)nc2)c2ccc(N3CCCCCC3)nc21. The number of carbonyl (C=O) groups is 1. The third kappa shape index (κ3) is 7.66. The van der Waals surface area contributed by atoms with E-state index in [9.17, 15) is 18.0 Å². The van der Waals surface area contributed by atoms with Crippen LogP contribution in [0.5, 0.6) is 0 Å². The highest BCUT2D eigenvalue weighted by Crippen LogP contribution is 2.29. The molecule has 3 aromatic rings. The number of nitrogens with one attached hydrogen (secondary N) is 1. The lowest BCUT2D eigenvalue weighted by atomic mass is 10.1. The third-order valence-electron chi connectivity index (χ3n) is 6.78. The zero-order valence-electron chi connectivity index (χ0n) is 22.1. The van der Waals surface area contributed by atoms with Crippen LogP contribution in [0.3, 0.4) is 0 Å². The van der Waals surface area contributed by atoms with Gasteiger partial charge in [-0.1, -0.05) is 12.8 Å². The molecule has 0 aliphatic carbocycles. The smallest absolute Gasteiger partial charge is 0.357 e. The van der Waals surface area contributed by atoms with E-state index in [-0.39, 0.29) is 12.8 Å². The maximum Gasteiger partial charge on any atom is 0.386 e. The Morgan fingerprint density at radius 1 is 0.974 bits per heavy atom. The molecule has 2 fully saturated rings. The average molecular weight is 532 g/mol. The second-order valence-corrected chi connectivity index (χ2v) is 9.93. The number of carbonyl (C=O) groups excluding carboxylic acids is 1. The van der Waals surface area contributed by atoms with Crippen molar-refractivity contribution in [1.29, 1.82) is 0 Å². The van der Waals surface area contributed by atoms with Crippen LogP contribution in [-0.4, -0.2) is 76.0 Å². The molecular formula is C27H36F3N7O.